The van der Waals surface area contributed by atoms with E-state index < -0.39 is 39.4 Å². The fourth-order valence-corrected chi connectivity index (χ4v) is 2.88. The lowest BCUT2D eigenvalue weighted by atomic mass is 10.2. The van der Waals surface area contributed by atoms with Crippen molar-refractivity contribution in [1.29, 1.82) is 0 Å². The predicted molar refractivity (Wildman–Crippen MR) is 89.4 cm³/mol. The Kier molecular flexibility index (Phi) is 6.08. The van der Waals surface area contributed by atoms with Gasteiger partial charge < -0.3 is 14.0 Å². The van der Waals surface area contributed by atoms with Gasteiger partial charge in [0.1, 0.15) is 21.7 Å². The number of esters is 2. The summed E-state index contributed by atoms with van der Waals surface area (Å²) in [5, 5.41) is 0. The SMILES string of the molecule is O=C(COC(=O)c1ccccc1I)Oc1ccc(S(=O)(=O)[O-])c(F)c1. The molecule has 132 valence electrons. The summed E-state index contributed by atoms with van der Waals surface area (Å²) in [7, 11) is -4.97. The number of carbonyl (C=O) groups is 2. The van der Waals surface area contributed by atoms with Crippen LogP contribution in [-0.2, 0) is 19.6 Å². The molecule has 0 N–H and O–H groups in total. The number of ether oxygens (including phenoxy) is 2. The summed E-state index contributed by atoms with van der Waals surface area (Å²) in [4.78, 5) is 22.4. The minimum Gasteiger partial charge on any atom is -0.744 e. The van der Waals surface area contributed by atoms with Crippen molar-refractivity contribution in [2.24, 2.45) is 0 Å². The van der Waals surface area contributed by atoms with E-state index in [1.165, 1.54) is 6.07 Å². The molecule has 0 heterocycles. The molecule has 10 heteroatoms. The minimum atomic E-state index is -4.97. The second-order valence-electron chi connectivity index (χ2n) is 4.58. The van der Waals surface area contributed by atoms with Crippen molar-refractivity contribution >= 4 is 44.6 Å². The molecule has 2 rings (SSSR count). The molecular weight excluding hydrogens is 470 g/mol. The summed E-state index contributed by atoms with van der Waals surface area (Å²) >= 11 is 1.93. The third-order valence-electron chi connectivity index (χ3n) is 2.82. The van der Waals surface area contributed by atoms with Gasteiger partial charge in [0.2, 0.25) is 0 Å². The Hall–Kier alpha value is -2.05. The zero-order chi connectivity index (χ0) is 18.6. The van der Waals surface area contributed by atoms with Crippen molar-refractivity contribution in [3.05, 3.63) is 57.4 Å². The van der Waals surface area contributed by atoms with E-state index in [0.717, 1.165) is 6.07 Å². The Labute approximate surface area is 155 Å². The lowest BCUT2D eigenvalue weighted by Crippen LogP contribution is -2.19. The lowest BCUT2D eigenvalue weighted by Gasteiger charge is -2.10. The highest BCUT2D eigenvalue weighted by molar-refractivity contribution is 14.1. The molecular formula is C15H9FIO7S-. The first kappa shape index (κ1) is 19.3. The molecule has 0 spiro atoms. The fourth-order valence-electron chi connectivity index (χ4n) is 1.74. The number of rotatable bonds is 5. The van der Waals surface area contributed by atoms with Crippen LogP contribution in [0.2, 0.25) is 0 Å². The van der Waals surface area contributed by atoms with Crippen LogP contribution in [0.1, 0.15) is 10.4 Å². The van der Waals surface area contributed by atoms with E-state index in [0.29, 0.717) is 15.7 Å². The molecule has 0 atom stereocenters. The molecule has 2 aromatic rings. The van der Waals surface area contributed by atoms with Gasteiger partial charge in [-0.25, -0.2) is 22.4 Å². The molecule has 0 amide bonds. The van der Waals surface area contributed by atoms with E-state index >= 15 is 0 Å². The van der Waals surface area contributed by atoms with Gasteiger partial charge in [-0.1, -0.05) is 12.1 Å². The number of carbonyl (C=O) groups excluding carboxylic acids is 2. The summed E-state index contributed by atoms with van der Waals surface area (Å²) in [5.74, 6) is -3.42. The van der Waals surface area contributed by atoms with Gasteiger partial charge in [-0.2, -0.15) is 0 Å². The zero-order valence-corrected chi connectivity index (χ0v) is 15.2. The van der Waals surface area contributed by atoms with Gasteiger partial charge in [-0.05, 0) is 46.9 Å². The molecule has 0 saturated carbocycles. The van der Waals surface area contributed by atoms with E-state index in [-0.39, 0.29) is 11.3 Å². The Morgan fingerprint density at radius 1 is 1.16 bits per heavy atom. The smallest absolute Gasteiger partial charge is 0.349 e. The number of hydrogen-bond donors (Lipinski definition) is 0. The van der Waals surface area contributed by atoms with Crippen LogP contribution in [0.5, 0.6) is 5.75 Å². The van der Waals surface area contributed by atoms with Gasteiger partial charge in [-0.3, -0.25) is 0 Å². The Morgan fingerprint density at radius 2 is 1.84 bits per heavy atom. The van der Waals surface area contributed by atoms with Crippen LogP contribution < -0.4 is 4.74 Å². The average Bonchev–Trinajstić information content (AvgIpc) is 2.52. The molecule has 0 unspecified atom stereocenters. The molecule has 7 nitrogen and oxygen atoms in total. The Morgan fingerprint density at radius 3 is 2.44 bits per heavy atom. The maximum Gasteiger partial charge on any atom is 0.349 e. The molecule has 0 fully saturated rings. The first-order valence-electron chi connectivity index (χ1n) is 6.56. The topological polar surface area (TPSA) is 110 Å². The highest BCUT2D eigenvalue weighted by Gasteiger charge is 2.15. The standard InChI is InChI=1S/C15H10FIO7S/c16-11-7-9(5-6-13(11)25(20,21)22)24-14(18)8-23-15(19)10-3-1-2-4-12(10)17/h1-7H,8H2,(H,20,21,22)/p-1. The normalized spacial score (nSPS) is 11.0. The van der Waals surface area contributed by atoms with Crippen LogP contribution in [0.4, 0.5) is 4.39 Å². The van der Waals surface area contributed by atoms with Crippen LogP contribution in [-0.4, -0.2) is 31.5 Å². The third kappa shape index (κ3) is 5.21. The van der Waals surface area contributed by atoms with Gasteiger partial charge >= 0.3 is 11.9 Å². The van der Waals surface area contributed by atoms with Gasteiger partial charge in [0.05, 0.1) is 10.5 Å². The van der Waals surface area contributed by atoms with Crippen molar-refractivity contribution < 1.29 is 36.4 Å². The van der Waals surface area contributed by atoms with Crippen molar-refractivity contribution in [3.63, 3.8) is 0 Å². The van der Waals surface area contributed by atoms with Crippen LogP contribution >= 0.6 is 22.6 Å². The molecule has 0 radical (unpaired) electrons. The van der Waals surface area contributed by atoms with Crippen LogP contribution in [0.25, 0.3) is 0 Å². The monoisotopic (exact) mass is 479 g/mol. The summed E-state index contributed by atoms with van der Waals surface area (Å²) < 4.78 is 56.0. The van der Waals surface area contributed by atoms with Gasteiger partial charge in [0, 0.05) is 9.64 Å². The number of halogens is 2. The summed E-state index contributed by atoms with van der Waals surface area (Å²) in [6, 6.07) is 8.76. The second kappa shape index (κ2) is 7.89. The fraction of sp³-hybridized carbons (Fsp3) is 0.0667. The van der Waals surface area contributed by atoms with Gasteiger partial charge in [-0.15, -0.1) is 0 Å². The zero-order valence-electron chi connectivity index (χ0n) is 12.3. The molecule has 2 aromatic carbocycles. The maximum absolute atomic E-state index is 13.5. The largest absolute Gasteiger partial charge is 0.744 e. The highest BCUT2D eigenvalue weighted by atomic mass is 127. The predicted octanol–water partition coefficient (Wildman–Crippen LogP) is 2.10. The number of benzene rings is 2. The second-order valence-corrected chi connectivity index (χ2v) is 7.09. The van der Waals surface area contributed by atoms with Crippen molar-refractivity contribution in [3.8, 4) is 5.75 Å². The summed E-state index contributed by atoms with van der Waals surface area (Å²) in [6.45, 7) is -0.729. The van der Waals surface area contributed by atoms with E-state index in [1.54, 1.807) is 18.2 Å². The average molecular weight is 479 g/mol. The molecule has 0 aliphatic carbocycles. The van der Waals surface area contributed by atoms with Gasteiger partial charge in [0.15, 0.2) is 6.61 Å². The number of hydrogen-bond acceptors (Lipinski definition) is 7. The summed E-state index contributed by atoms with van der Waals surface area (Å²) in [6.07, 6.45) is 0. The molecule has 0 aromatic heterocycles. The van der Waals surface area contributed by atoms with Gasteiger partial charge in [0.25, 0.3) is 0 Å². The first-order chi connectivity index (χ1) is 11.7. The highest BCUT2D eigenvalue weighted by Crippen LogP contribution is 2.20. The van der Waals surface area contributed by atoms with Crippen molar-refractivity contribution in [2.75, 3.05) is 6.61 Å². The third-order valence-corrected chi connectivity index (χ3v) is 4.63. The lowest BCUT2D eigenvalue weighted by molar-refractivity contribution is -0.137. The maximum atomic E-state index is 13.5. The van der Waals surface area contributed by atoms with Crippen molar-refractivity contribution in [1.82, 2.24) is 0 Å². The Balaban J connectivity index is 1.98. The van der Waals surface area contributed by atoms with E-state index in [2.05, 4.69) is 0 Å². The van der Waals surface area contributed by atoms with E-state index in [1.807, 2.05) is 22.6 Å². The quantitative estimate of drug-likeness (QED) is 0.280. The first-order valence-corrected chi connectivity index (χ1v) is 9.05. The minimum absolute atomic E-state index is 0.270. The van der Waals surface area contributed by atoms with E-state index in [9.17, 15) is 27.0 Å². The molecule has 0 bridgehead atoms. The molecule has 25 heavy (non-hydrogen) atoms. The van der Waals surface area contributed by atoms with Crippen LogP contribution in [0, 0.1) is 9.39 Å². The molecule has 0 aliphatic heterocycles. The van der Waals surface area contributed by atoms with Crippen molar-refractivity contribution in [2.45, 2.75) is 4.90 Å². The Bertz CT molecular complexity index is 927. The molecule has 0 aliphatic rings. The van der Waals surface area contributed by atoms with E-state index in [4.69, 9.17) is 9.47 Å². The molecule has 0 saturated heterocycles. The van der Waals surface area contributed by atoms with Crippen LogP contribution in [0.15, 0.2) is 47.4 Å². The summed E-state index contributed by atoms with van der Waals surface area (Å²) in [5.41, 5.74) is 0.270. The van der Waals surface area contributed by atoms with Crippen LogP contribution in [0.3, 0.4) is 0 Å².